The predicted octanol–water partition coefficient (Wildman–Crippen LogP) is 0.763. The van der Waals surface area contributed by atoms with E-state index in [1.807, 2.05) is 11.9 Å². The molecular weight excluding hydrogens is 234 g/mol. The van der Waals surface area contributed by atoms with Gasteiger partial charge in [0.25, 0.3) is 0 Å². The molecule has 0 saturated carbocycles. The van der Waals surface area contributed by atoms with Crippen molar-refractivity contribution in [3.05, 3.63) is 29.8 Å². The maximum absolute atomic E-state index is 8.86. The summed E-state index contributed by atoms with van der Waals surface area (Å²) < 4.78 is 0. The highest BCUT2D eigenvalue weighted by molar-refractivity contribution is 7.80. The fourth-order valence-electron chi connectivity index (χ4n) is 1.84. The minimum absolute atomic E-state index is 0.196. The lowest BCUT2D eigenvalue weighted by molar-refractivity contribution is 0.299. The van der Waals surface area contributed by atoms with Crippen LogP contribution in [0.5, 0.6) is 0 Å². The second kappa shape index (κ2) is 5.33. The average molecular weight is 251 g/mol. The molecule has 0 unspecified atom stereocenters. The van der Waals surface area contributed by atoms with Gasteiger partial charge in [0.2, 0.25) is 0 Å². The minimum atomic E-state index is 0.196. The van der Waals surface area contributed by atoms with Crippen molar-refractivity contribution in [2.75, 3.05) is 31.9 Å². The van der Waals surface area contributed by atoms with Crippen molar-refractivity contribution in [3.8, 4) is 0 Å². The number of rotatable bonds is 3. The van der Waals surface area contributed by atoms with E-state index in [1.165, 1.54) is 0 Å². The molecule has 0 aromatic heterocycles. The van der Waals surface area contributed by atoms with E-state index in [9.17, 15) is 0 Å². The molecule has 0 aliphatic carbocycles. The van der Waals surface area contributed by atoms with E-state index in [1.54, 1.807) is 0 Å². The van der Waals surface area contributed by atoms with E-state index in [0.29, 0.717) is 6.42 Å². The highest BCUT2D eigenvalue weighted by atomic mass is 32.1. The molecule has 1 heterocycles. The quantitative estimate of drug-likeness (QED) is 0.776. The zero-order chi connectivity index (χ0) is 12.3. The smallest absolute Gasteiger partial charge is 0.171 e. The summed E-state index contributed by atoms with van der Waals surface area (Å²) in [5.41, 5.74) is 2.32. The number of nitrogens with one attached hydrogen (secondary N) is 1. The Balaban J connectivity index is 2.04. The summed E-state index contributed by atoms with van der Waals surface area (Å²) >= 11 is 5.15. The SMILES string of the molecule is CN1CN(c2ccc(CCO)cc2)CNC1=S. The van der Waals surface area contributed by atoms with Crippen LogP contribution < -0.4 is 10.2 Å². The molecule has 1 aliphatic rings. The Hall–Kier alpha value is -1.33. The Kier molecular flexibility index (Phi) is 3.81. The van der Waals surface area contributed by atoms with E-state index in [-0.39, 0.29) is 6.61 Å². The summed E-state index contributed by atoms with van der Waals surface area (Å²) in [6.07, 6.45) is 0.711. The first-order valence-corrected chi connectivity index (χ1v) is 6.05. The van der Waals surface area contributed by atoms with Crippen LogP contribution in [-0.4, -0.2) is 42.1 Å². The van der Waals surface area contributed by atoms with E-state index in [2.05, 4.69) is 34.5 Å². The Morgan fingerprint density at radius 1 is 1.35 bits per heavy atom. The van der Waals surface area contributed by atoms with Gasteiger partial charge in [0.1, 0.15) is 0 Å². The summed E-state index contributed by atoms with van der Waals surface area (Å²) in [6, 6.07) is 8.26. The summed E-state index contributed by atoms with van der Waals surface area (Å²) in [6.45, 7) is 1.73. The Morgan fingerprint density at radius 2 is 2.06 bits per heavy atom. The highest BCUT2D eigenvalue weighted by Crippen LogP contribution is 2.16. The molecule has 2 rings (SSSR count). The number of benzene rings is 1. The first kappa shape index (κ1) is 12.1. The lowest BCUT2D eigenvalue weighted by Gasteiger charge is -2.37. The number of hydrogen-bond donors (Lipinski definition) is 2. The summed E-state index contributed by atoms with van der Waals surface area (Å²) in [4.78, 5) is 4.21. The first-order valence-electron chi connectivity index (χ1n) is 5.64. The maximum Gasteiger partial charge on any atom is 0.171 e. The second-order valence-corrected chi connectivity index (χ2v) is 4.55. The van der Waals surface area contributed by atoms with Crippen LogP contribution in [0, 0.1) is 0 Å². The largest absolute Gasteiger partial charge is 0.396 e. The van der Waals surface area contributed by atoms with Crippen LogP contribution in [0.3, 0.4) is 0 Å². The normalized spacial score (nSPS) is 16.0. The number of anilines is 1. The lowest BCUT2D eigenvalue weighted by Crippen LogP contribution is -2.54. The van der Waals surface area contributed by atoms with Crippen LogP contribution >= 0.6 is 12.2 Å². The van der Waals surface area contributed by atoms with Gasteiger partial charge in [0.05, 0.1) is 13.3 Å². The molecule has 1 aliphatic heterocycles. The molecule has 0 bridgehead atoms. The van der Waals surface area contributed by atoms with Gasteiger partial charge in [-0.25, -0.2) is 0 Å². The zero-order valence-electron chi connectivity index (χ0n) is 9.89. The Labute approximate surface area is 107 Å². The van der Waals surface area contributed by atoms with Gasteiger partial charge in [-0.1, -0.05) is 12.1 Å². The van der Waals surface area contributed by atoms with Crippen LogP contribution in [-0.2, 0) is 6.42 Å². The second-order valence-electron chi connectivity index (χ2n) is 4.16. The summed E-state index contributed by atoms with van der Waals surface area (Å²) in [5, 5.41) is 12.8. The first-order chi connectivity index (χ1) is 8.20. The van der Waals surface area contributed by atoms with Gasteiger partial charge in [0, 0.05) is 19.3 Å². The van der Waals surface area contributed by atoms with Crippen LogP contribution in [0.1, 0.15) is 5.56 Å². The van der Waals surface area contributed by atoms with Crippen molar-refractivity contribution >= 4 is 23.0 Å². The van der Waals surface area contributed by atoms with Crippen molar-refractivity contribution in [1.29, 1.82) is 0 Å². The highest BCUT2D eigenvalue weighted by Gasteiger charge is 2.16. The molecule has 2 N–H and O–H groups in total. The van der Waals surface area contributed by atoms with Gasteiger partial charge in [0.15, 0.2) is 5.11 Å². The molecule has 1 saturated heterocycles. The Morgan fingerprint density at radius 3 is 2.65 bits per heavy atom. The van der Waals surface area contributed by atoms with Gasteiger partial charge < -0.3 is 20.2 Å². The molecule has 0 amide bonds. The van der Waals surface area contributed by atoms with Gasteiger partial charge in [-0.2, -0.15) is 0 Å². The van der Waals surface area contributed by atoms with Crippen molar-refractivity contribution in [1.82, 2.24) is 10.2 Å². The third kappa shape index (κ3) is 2.87. The third-order valence-corrected chi connectivity index (χ3v) is 3.31. The fourth-order valence-corrected chi connectivity index (χ4v) is 1.97. The Bertz CT molecular complexity index is 393. The molecule has 17 heavy (non-hydrogen) atoms. The number of aliphatic hydroxyl groups excluding tert-OH is 1. The molecule has 0 spiro atoms. The number of aliphatic hydroxyl groups is 1. The van der Waals surface area contributed by atoms with Gasteiger partial charge in [-0.3, -0.25) is 0 Å². The molecular formula is C12H17N3OS. The number of hydrogen-bond acceptors (Lipinski definition) is 3. The van der Waals surface area contributed by atoms with Crippen molar-refractivity contribution in [2.24, 2.45) is 0 Å². The number of nitrogens with zero attached hydrogens (tertiary/aromatic N) is 2. The van der Waals surface area contributed by atoms with Crippen LogP contribution in [0.15, 0.2) is 24.3 Å². The zero-order valence-corrected chi connectivity index (χ0v) is 10.7. The average Bonchev–Trinajstić information content (AvgIpc) is 2.34. The minimum Gasteiger partial charge on any atom is -0.396 e. The molecule has 92 valence electrons. The fraction of sp³-hybridized carbons (Fsp3) is 0.417. The predicted molar refractivity (Wildman–Crippen MR) is 72.9 cm³/mol. The van der Waals surface area contributed by atoms with E-state index in [0.717, 1.165) is 29.7 Å². The molecule has 0 atom stereocenters. The standard InChI is InChI=1S/C12H17N3OS/c1-14-9-15(8-13-12(14)17)11-4-2-10(3-5-11)6-7-16/h2-5,16H,6-9H2,1H3,(H,13,17). The molecule has 5 heteroatoms. The summed E-state index contributed by atoms with van der Waals surface area (Å²) in [5.74, 6) is 0. The monoisotopic (exact) mass is 251 g/mol. The van der Waals surface area contributed by atoms with Crippen molar-refractivity contribution in [2.45, 2.75) is 6.42 Å². The van der Waals surface area contributed by atoms with Gasteiger partial charge >= 0.3 is 0 Å². The van der Waals surface area contributed by atoms with Crippen LogP contribution in [0.25, 0.3) is 0 Å². The topological polar surface area (TPSA) is 38.7 Å². The van der Waals surface area contributed by atoms with Gasteiger partial charge in [-0.05, 0) is 36.3 Å². The third-order valence-electron chi connectivity index (χ3n) is 2.85. The van der Waals surface area contributed by atoms with E-state index < -0.39 is 0 Å². The van der Waals surface area contributed by atoms with Gasteiger partial charge in [-0.15, -0.1) is 0 Å². The summed E-state index contributed by atoms with van der Waals surface area (Å²) in [7, 11) is 1.97. The van der Waals surface area contributed by atoms with Crippen molar-refractivity contribution in [3.63, 3.8) is 0 Å². The molecule has 1 aromatic rings. The molecule has 1 aromatic carbocycles. The maximum atomic E-state index is 8.86. The van der Waals surface area contributed by atoms with E-state index >= 15 is 0 Å². The van der Waals surface area contributed by atoms with Crippen molar-refractivity contribution < 1.29 is 5.11 Å². The van der Waals surface area contributed by atoms with Crippen LogP contribution in [0.4, 0.5) is 5.69 Å². The van der Waals surface area contributed by atoms with Crippen LogP contribution in [0.2, 0.25) is 0 Å². The molecule has 4 nitrogen and oxygen atoms in total. The number of thiocarbonyl (C=S) groups is 1. The molecule has 1 fully saturated rings. The molecule has 0 radical (unpaired) electrons. The van der Waals surface area contributed by atoms with E-state index in [4.69, 9.17) is 17.3 Å². The lowest BCUT2D eigenvalue weighted by atomic mass is 10.1.